The SMILES string of the molecule is [B]c1c(O)c(O)c([B])c(C(=O)O)c1O. The molecule has 0 aliphatic rings. The van der Waals surface area contributed by atoms with Crippen LogP contribution in [0, 0.1) is 0 Å². The number of carboxylic acid groups (broad SMARTS) is 1. The summed E-state index contributed by atoms with van der Waals surface area (Å²) in [6.07, 6.45) is 0. The number of aromatic hydroxyl groups is 3. The molecule has 0 aliphatic carbocycles. The molecule has 1 aromatic carbocycles. The van der Waals surface area contributed by atoms with E-state index < -0.39 is 39.7 Å². The molecular formula is C7H4B2O5. The lowest BCUT2D eigenvalue weighted by molar-refractivity contribution is 0.0695. The van der Waals surface area contributed by atoms with Gasteiger partial charge in [0.15, 0.2) is 11.5 Å². The number of rotatable bonds is 1. The van der Waals surface area contributed by atoms with Crippen molar-refractivity contribution in [1.29, 1.82) is 0 Å². The highest BCUT2D eigenvalue weighted by molar-refractivity contribution is 6.43. The summed E-state index contributed by atoms with van der Waals surface area (Å²) in [6, 6.07) is 0. The topological polar surface area (TPSA) is 98.0 Å². The standard InChI is InChI=1S/C7H4B2O5/c8-2-1(7(13)14)4(10)3(9)6(12)5(2)11/h10-12H,(H,13,14). The fraction of sp³-hybridized carbons (Fsp3) is 0. The van der Waals surface area contributed by atoms with Gasteiger partial charge in [0.25, 0.3) is 0 Å². The van der Waals surface area contributed by atoms with E-state index in [4.69, 9.17) is 31.0 Å². The number of hydrogen-bond donors (Lipinski definition) is 4. The second-order valence-corrected chi connectivity index (χ2v) is 2.55. The molecule has 14 heavy (non-hydrogen) atoms. The van der Waals surface area contributed by atoms with Crippen LogP contribution in [0.1, 0.15) is 10.4 Å². The van der Waals surface area contributed by atoms with Crippen molar-refractivity contribution in [2.24, 2.45) is 0 Å². The predicted molar refractivity (Wildman–Crippen MR) is 49.2 cm³/mol. The Morgan fingerprint density at radius 1 is 0.929 bits per heavy atom. The van der Waals surface area contributed by atoms with Crippen molar-refractivity contribution in [3.63, 3.8) is 0 Å². The highest BCUT2D eigenvalue weighted by atomic mass is 16.4. The van der Waals surface area contributed by atoms with Gasteiger partial charge in [0.2, 0.25) is 0 Å². The lowest BCUT2D eigenvalue weighted by Gasteiger charge is -2.12. The smallest absolute Gasteiger partial charge is 0.338 e. The van der Waals surface area contributed by atoms with Gasteiger partial charge in [-0.05, 0) is 10.9 Å². The van der Waals surface area contributed by atoms with Crippen LogP contribution in [0.2, 0.25) is 0 Å². The van der Waals surface area contributed by atoms with Crippen LogP contribution in [-0.2, 0) is 0 Å². The van der Waals surface area contributed by atoms with Crippen molar-refractivity contribution in [3.8, 4) is 17.2 Å². The van der Waals surface area contributed by atoms with Crippen molar-refractivity contribution in [1.82, 2.24) is 0 Å². The van der Waals surface area contributed by atoms with E-state index in [0.29, 0.717) is 0 Å². The summed E-state index contributed by atoms with van der Waals surface area (Å²) in [5.74, 6) is -4.13. The molecule has 0 heterocycles. The molecule has 1 aromatic rings. The van der Waals surface area contributed by atoms with Crippen LogP contribution in [0.3, 0.4) is 0 Å². The van der Waals surface area contributed by atoms with Crippen LogP contribution >= 0.6 is 0 Å². The van der Waals surface area contributed by atoms with Gasteiger partial charge in [0.05, 0.1) is 5.56 Å². The third-order valence-electron chi connectivity index (χ3n) is 1.71. The molecule has 0 spiro atoms. The summed E-state index contributed by atoms with van der Waals surface area (Å²) >= 11 is 0. The van der Waals surface area contributed by atoms with Crippen LogP contribution in [0.25, 0.3) is 0 Å². The molecule has 0 bridgehead atoms. The maximum atomic E-state index is 10.6. The molecule has 0 fully saturated rings. The molecule has 0 aromatic heterocycles. The van der Waals surface area contributed by atoms with Crippen LogP contribution in [0.5, 0.6) is 17.2 Å². The first kappa shape index (κ1) is 10.3. The number of carbonyl (C=O) groups is 1. The number of phenols is 3. The van der Waals surface area contributed by atoms with E-state index in [9.17, 15) is 9.90 Å². The van der Waals surface area contributed by atoms with E-state index in [1.54, 1.807) is 0 Å². The number of aromatic carboxylic acids is 1. The van der Waals surface area contributed by atoms with E-state index in [0.717, 1.165) is 0 Å². The normalized spacial score (nSPS) is 10.0. The molecule has 0 aliphatic heterocycles. The lowest BCUT2D eigenvalue weighted by Crippen LogP contribution is -2.22. The Morgan fingerprint density at radius 2 is 1.36 bits per heavy atom. The van der Waals surface area contributed by atoms with Gasteiger partial charge in [0.1, 0.15) is 21.4 Å². The summed E-state index contributed by atoms with van der Waals surface area (Å²) in [5, 5.41) is 36.0. The molecule has 7 heteroatoms. The number of carboxylic acids is 1. The Bertz CT molecular complexity index is 386. The third-order valence-corrected chi connectivity index (χ3v) is 1.71. The first-order chi connectivity index (χ1) is 6.37. The second-order valence-electron chi connectivity index (χ2n) is 2.55. The van der Waals surface area contributed by atoms with Gasteiger partial charge < -0.3 is 20.4 Å². The van der Waals surface area contributed by atoms with Crippen molar-refractivity contribution in [3.05, 3.63) is 5.56 Å². The van der Waals surface area contributed by atoms with Crippen LogP contribution in [0.15, 0.2) is 0 Å². The van der Waals surface area contributed by atoms with Gasteiger partial charge in [-0.3, -0.25) is 0 Å². The molecule has 0 saturated heterocycles. The lowest BCUT2D eigenvalue weighted by atomic mass is 9.82. The molecule has 0 atom stereocenters. The van der Waals surface area contributed by atoms with Crippen molar-refractivity contribution in [2.45, 2.75) is 0 Å². The Labute approximate surface area is 81.4 Å². The maximum absolute atomic E-state index is 10.6. The minimum absolute atomic E-state index is 0.630. The average molecular weight is 190 g/mol. The molecule has 1 rings (SSSR count). The van der Waals surface area contributed by atoms with Gasteiger partial charge in [-0.1, -0.05) is 0 Å². The Morgan fingerprint density at radius 3 is 1.79 bits per heavy atom. The minimum Gasteiger partial charge on any atom is -0.508 e. The van der Waals surface area contributed by atoms with Crippen LogP contribution in [0.4, 0.5) is 0 Å². The van der Waals surface area contributed by atoms with E-state index in [2.05, 4.69) is 0 Å². The monoisotopic (exact) mass is 190 g/mol. The molecule has 5 nitrogen and oxygen atoms in total. The first-order valence-electron chi connectivity index (χ1n) is 3.43. The highest BCUT2D eigenvalue weighted by Gasteiger charge is 2.21. The fourth-order valence-electron chi connectivity index (χ4n) is 0.964. The molecule has 68 valence electrons. The summed E-state index contributed by atoms with van der Waals surface area (Å²) < 4.78 is 0. The number of hydrogen-bond acceptors (Lipinski definition) is 4. The maximum Gasteiger partial charge on any atom is 0.338 e. The van der Waals surface area contributed by atoms with E-state index in [-0.39, 0.29) is 0 Å². The molecule has 0 saturated carbocycles. The Hall–Kier alpha value is -1.78. The summed E-state index contributed by atoms with van der Waals surface area (Å²) in [4.78, 5) is 10.6. The zero-order valence-electron chi connectivity index (χ0n) is 6.85. The van der Waals surface area contributed by atoms with Gasteiger partial charge in [0, 0.05) is 0 Å². The molecule has 0 amide bonds. The zero-order chi connectivity index (χ0) is 11.0. The van der Waals surface area contributed by atoms with Crippen molar-refractivity contribution >= 4 is 32.6 Å². The molecular weight excluding hydrogens is 186 g/mol. The summed E-state index contributed by atoms with van der Waals surface area (Å²) in [5.41, 5.74) is -2.01. The molecule has 4 radical (unpaired) electrons. The van der Waals surface area contributed by atoms with Crippen LogP contribution in [-0.4, -0.2) is 42.1 Å². The van der Waals surface area contributed by atoms with Crippen molar-refractivity contribution in [2.75, 3.05) is 0 Å². The Balaban J connectivity index is 3.68. The average Bonchev–Trinajstić information content (AvgIpc) is 2.11. The van der Waals surface area contributed by atoms with Crippen molar-refractivity contribution < 1.29 is 25.2 Å². The zero-order valence-corrected chi connectivity index (χ0v) is 6.85. The summed E-state index contributed by atoms with van der Waals surface area (Å²) in [6.45, 7) is 0. The molecule has 0 unspecified atom stereocenters. The number of phenolic OH excluding ortho intramolecular Hbond substituents is 2. The summed E-state index contributed by atoms with van der Waals surface area (Å²) in [7, 11) is 10.3. The quantitative estimate of drug-likeness (QED) is 0.235. The number of benzene rings is 1. The third kappa shape index (κ3) is 1.26. The van der Waals surface area contributed by atoms with E-state index in [1.165, 1.54) is 0 Å². The van der Waals surface area contributed by atoms with Gasteiger partial charge in [-0.2, -0.15) is 0 Å². The largest absolute Gasteiger partial charge is 0.508 e. The second kappa shape index (κ2) is 3.17. The highest BCUT2D eigenvalue weighted by Crippen LogP contribution is 2.26. The van der Waals surface area contributed by atoms with Gasteiger partial charge in [-0.25, -0.2) is 4.79 Å². The van der Waals surface area contributed by atoms with Gasteiger partial charge >= 0.3 is 5.97 Å². The van der Waals surface area contributed by atoms with E-state index in [1.807, 2.05) is 0 Å². The minimum atomic E-state index is -1.55. The Kier molecular flexibility index (Phi) is 2.33. The van der Waals surface area contributed by atoms with Gasteiger partial charge in [-0.15, -0.1) is 0 Å². The predicted octanol–water partition coefficient (Wildman–Crippen LogP) is -1.91. The van der Waals surface area contributed by atoms with Crippen LogP contribution < -0.4 is 10.9 Å². The first-order valence-corrected chi connectivity index (χ1v) is 3.43. The molecule has 4 N–H and O–H groups in total. The van der Waals surface area contributed by atoms with E-state index >= 15 is 0 Å². The fourth-order valence-corrected chi connectivity index (χ4v) is 0.964.